The first-order valence-electron chi connectivity index (χ1n) is 6.33. The number of ether oxygens (including phenoxy) is 1. The van der Waals surface area contributed by atoms with Gasteiger partial charge in [0.1, 0.15) is 12.4 Å². The summed E-state index contributed by atoms with van der Waals surface area (Å²) < 4.78 is 31.1. The Hall–Kier alpha value is -2.12. The molecule has 0 aliphatic carbocycles. The van der Waals surface area contributed by atoms with Gasteiger partial charge in [-0.3, -0.25) is 4.79 Å². The third-order valence-electron chi connectivity index (χ3n) is 2.88. The molecule has 0 aliphatic rings. The van der Waals surface area contributed by atoms with E-state index in [0.29, 0.717) is 5.75 Å². The number of aromatic nitrogens is 1. The Bertz CT molecular complexity index is 721. The highest BCUT2D eigenvalue weighted by atomic mass is 32.2. The first kappa shape index (κ1) is 15.3. The molecule has 0 aliphatic heterocycles. The van der Waals surface area contributed by atoms with Crippen molar-refractivity contribution < 1.29 is 13.2 Å². The van der Waals surface area contributed by atoms with E-state index in [4.69, 9.17) is 4.74 Å². The Morgan fingerprint density at radius 1 is 1.14 bits per heavy atom. The van der Waals surface area contributed by atoms with Crippen LogP contribution in [0.5, 0.6) is 5.75 Å². The van der Waals surface area contributed by atoms with Gasteiger partial charge in [0.05, 0.1) is 4.90 Å². The number of pyridine rings is 1. The van der Waals surface area contributed by atoms with Gasteiger partial charge in [0.2, 0.25) is 15.6 Å². The largest absolute Gasteiger partial charge is 0.492 e. The summed E-state index contributed by atoms with van der Waals surface area (Å²) in [7, 11) is -2.16. The van der Waals surface area contributed by atoms with Gasteiger partial charge in [0.25, 0.3) is 0 Å². The summed E-state index contributed by atoms with van der Waals surface area (Å²) in [5.41, 5.74) is -0.344. The highest BCUT2D eigenvalue weighted by Crippen LogP contribution is 2.12. The summed E-state index contributed by atoms with van der Waals surface area (Å²) in [5, 5.41) is 0. The van der Waals surface area contributed by atoms with Gasteiger partial charge in [-0.1, -0.05) is 18.2 Å². The number of hydrogen-bond donors (Lipinski definition) is 1. The maximum atomic E-state index is 12.2. The van der Waals surface area contributed by atoms with Gasteiger partial charge in [-0.05, 0) is 18.2 Å². The van der Waals surface area contributed by atoms with Crippen molar-refractivity contribution in [1.29, 1.82) is 0 Å². The first-order chi connectivity index (χ1) is 10.00. The van der Waals surface area contributed by atoms with Crippen molar-refractivity contribution in [2.75, 3.05) is 20.2 Å². The zero-order chi connectivity index (χ0) is 15.3. The minimum absolute atomic E-state index is 0.0457. The first-order valence-corrected chi connectivity index (χ1v) is 7.77. The predicted octanol–water partition coefficient (Wildman–Crippen LogP) is 1.07. The molecule has 1 N–H and O–H groups in total. The van der Waals surface area contributed by atoms with Gasteiger partial charge in [0, 0.05) is 25.9 Å². The summed E-state index contributed by atoms with van der Waals surface area (Å²) >= 11 is 0. The van der Waals surface area contributed by atoms with Crippen molar-refractivity contribution in [1.82, 2.24) is 9.29 Å². The SMILES string of the molecule is CN(CCOc1ccccc1)S(=O)(=O)c1ccc(=O)[nH]c1. The van der Waals surface area contributed by atoms with Crippen molar-refractivity contribution in [3.05, 3.63) is 59.0 Å². The summed E-state index contributed by atoms with van der Waals surface area (Å²) in [4.78, 5) is 13.4. The van der Waals surface area contributed by atoms with Crippen LogP contribution in [0.25, 0.3) is 0 Å². The minimum atomic E-state index is -3.63. The Morgan fingerprint density at radius 2 is 1.86 bits per heavy atom. The zero-order valence-corrected chi connectivity index (χ0v) is 12.3. The Kier molecular flexibility index (Phi) is 4.77. The lowest BCUT2D eigenvalue weighted by Crippen LogP contribution is -2.31. The van der Waals surface area contributed by atoms with E-state index in [1.807, 2.05) is 18.2 Å². The molecule has 0 saturated carbocycles. The Morgan fingerprint density at radius 3 is 2.48 bits per heavy atom. The summed E-state index contributed by atoms with van der Waals surface area (Å²) in [6.45, 7) is 0.444. The molecule has 6 nitrogen and oxygen atoms in total. The van der Waals surface area contributed by atoms with Crippen molar-refractivity contribution in [2.24, 2.45) is 0 Å². The molecule has 0 amide bonds. The number of benzene rings is 1. The molecule has 21 heavy (non-hydrogen) atoms. The van der Waals surface area contributed by atoms with E-state index in [1.54, 1.807) is 12.1 Å². The van der Waals surface area contributed by atoms with E-state index < -0.39 is 10.0 Å². The molecular formula is C14H16N2O4S. The van der Waals surface area contributed by atoms with Crippen LogP contribution in [0.2, 0.25) is 0 Å². The second kappa shape index (κ2) is 6.55. The number of nitrogens with one attached hydrogen (secondary N) is 1. The average Bonchev–Trinajstić information content (AvgIpc) is 2.48. The predicted molar refractivity (Wildman–Crippen MR) is 78.8 cm³/mol. The monoisotopic (exact) mass is 308 g/mol. The van der Waals surface area contributed by atoms with Crippen molar-refractivity contribution in [3.8, 4) is 5.75 Å². The van der Waals surface area contributed by atoms with Gasteiger partial charge in [-0.25, -0.2) is 8.42 Å². The van der Waals surface area contributed by atoms with E-state index in [-0.39, 0.29) is 23.6 Å². The molecule has 1 aromatic heterocycles. The zero-order valence-electron chi connectivity index (χ0n) is 11.5. The summed E-state index contributed by atoms with van der Waals surface area (Å²) in [5.74, 6) is 0.687. The van der Waals surface area contributed by atoms with Gasteiger partial charge < -0.3 is 9.72 Å². The molecule has 2 rings (SSSR count). The molecule has 7 heteroatoms. The van der Waals surface area contributed by atoms with Crippen LogP contribution in [0.15, 0.2) is 58.4 Å². The van der Waals surface area contributed by atoms with E-state index in [2.05, 4.69) is 4.98 Å². The van der Waals surface area contributed by atoms with Crippen molar-refractivity contribution in [2.45, 2.75) is 4.90 Å². The fourth-order valence-electron chi connectivity index (χ4n) is 1.67. The fourth-order valence-corrected chi connectivity index (χ4v) is 2.79. The van der Waals surface area contributed by atoms with Crippen LogP contribution in [0.1, 0.15) is 0 Å². The maximum absolute atomic E-state index is 12.2. The number of sulfonamides is 1. The lowest BCUT2D eigenvalue weighted by Gasteiger charge is -2.17. The number of rotatable bonds is 6. The number of H-pyrrole nitrogens is 1. The lowest BCUT2D eigenvalue weighted by atomic mass is 10.3. The third kappa shape index (κ3) is 3.93. The van der Waals surface area contributed by atoms with Gasteiger partial charge in [-0.2, -0.15) is 4.31 Å². The van der Waals surface area contributed by atoms with E-state index in [1.165, 1.54) is 29.7 Å². The molecule has 0 fully saturated rings. The van der Waals surface area contributed by atoms with Gasteiger partial charge in [-0.15, -0.1) is 0 Å². The summed E-state index contributed by atoms with van der Waals surface area (Å²) in [6.07, 6.45) is 1.19. The second-order valence-electron chi connectivity index (χ2n) is 4.38. The second-order valence-corrected chi connectivity index (χ2v) is 6.42. The van der Waals surface area contributed by atoms with Crippen LogP contribution in [-0.2, 0) is 10.0 Å². The Balaban J connectivity index is 1.97. The normalized spacial score (nSPS) is 11.5. The third-order valence-corrected chi connectivity index (χ3v) is 4.73. The molecule has 112 valence electrons. The van der Waals surface area contributed by atoms with Crippen molar-refractivity contribution >= 4 is 10.0 Å². The minimum Gasteiger partial charge on any atom is -0.492 e. The Labute approximate surface area is 123 Å². The van der Waals surface area contributed by atoms with Crippen LogP contribution >= 0.6 is 0 Å². The number of para-hydroxylation sites is 1. The van der Waals surface area contributed by atoms with Crippen LogP contribution in [0.3, 0.4) is 0 Å². The number of hydrogen-bond acceptors (Lipinski definition) is 4. The van der Waals surface area contributed by atoms with Crippen LogP contribution in [-0.4, -0.2) is 37.9 Å². The van der Waals surface area contributed by atoms with Crippen LogP contribution in [0, 0.1) is 0 Å². The molecule has 1 aromatic carbocycles. The molecule has 0 unspecified atom stereocenters. The van der Waals surface area contributed by atoms with Crippen LogP contribution in [0.4, 0.5) is 0 Å². The van der Waals surface area contributed by atoms with Crippen LogP contribution < -0.4 is 10.3 Å². The molecule has 1 heterocycles. The molecule has 2 aromatic rings. The van der Waals surface area contributed by atoms with E-state index >= 15 is 0 Å². The molecule has 0 atom stereocenters. The number of aromatic amines is 1. The van der Waals surface area contributed by atoms with E-state index in [9.17, 15) is 13.2 Å². The highest BCUT2D eigenvalue weighted by molar-refractivity contribution is 7.89. The maximum Gasteiger partial charge on any atom is 0.247 e. The molecule has 0 spiro atoms. The number of nitrogens with zero attached hydrogens (tertiary/aromatic N) is 1. The molecular weight excluding hydrogens is 292 g/mol. The average molecular weight is 308 g/mol. The van der Waals surface area contributed by atoms with Gasteiger partial charge in [0.15, 0.2) is 0 Å². The standard InChI is InChI=1S/C14H16N2O4S/c1-16(9-10-20-12-5-3-2-4-6-12)21(18,19)13-7-8-14(17)15-11-13/h2-8,11H,9-10H2,1H3,(H,15,17). The number of likely N-dealkylation sites (N-methyl/N-ethyl adjacent to an activating group) is 1. The molecule has 0 bridgehead atoms. The van der Waals surface area contributed by atoms with Gasteiger partial charge >= 0.3 is 0 Å². The smallest absolute Gasteiger partial charge is 0.247 e. The van der Waals surface area contributed by atoms with Crippen molar-refractivity contribution in [3.63, 3.8) is 0 Å². The highest BCUT2D eigenvalue weighted by Gasteiger charge is 2.20. The van der Waals surface area contributed by atoms with E-state index in [0.717, 1.165) is 0 Å². The molecule has 0 saturated heterocycles. The summed E-state index contributed by atoms with van der Waals surface area (Å²) in [6, 6.07) is 11.6. The fraction of sp³-hybridized carbons (Fsp3) is 0.214. The quantitative estimate of drug-likeness (QED) is 0.866. The topological polar surface area (TPSA) is 79.5 Å². The molecule has 0 radical (unpaired) electrons. The lowest BCUT2D eigenvalue weighted by molar-refractivity contribution is 0.287.